The molecule has 0 amide bonds. The number of ketones is 2. The van der Waals surface area contributed by atoms with Gasteiger partial charge in [-0.25, -0.2) is 0 Å². The zero-order valence-electron chi connectivity index (χ0n) is 17.7. The van der Waals surface area contributed by atoms with E-state index < -0.39 is 0 Å². The Morgan fingerprint density at radius 2 is 0.923 bits per heavy atom. The number of hydrogen-bond acceptors (Lipinski definition) is 3. The highest BCUT2D eigenvalue weighted by Crippen LogP contribution is 2.13. The van der Waals surface area contributed by atoms with Gasteiger partial charge >= 0.3 is 0 Å². The molecule has 0 aromatic heterocycles. The standard InChI is InChI=1S/C23H44O3/c1-3-5-6-7-8-9-10-11-12-13-14-15-16-17-18-19-22(24)23(25)20-21-26-4-2/h3-21H2,1-2H3. The molecule has 0 aliphatic rings. The van der Waals surface area contributed by atoms with E-state index in [1.807, 2.05) is 6.92 Å². The molecule has 0 aromatic rings. The summed E-state index contributed by atoms with van der Waals surface area (Å²) in [5.41, 5.74) is 0. The van der Waals surface area contributed by atoms with Crippen molar-refractivity contribution >= 4 is 11.6 Å². The second-order valence-electron chi connectivity index (χ2n) is 7.49. The monoisotopic (exact) mass is 368 g/mol. The zero-order valence-corrected chi connectivity index (χ0v) is 17.7. The normalized spacial score (nSPS) is 11.0. The van der Waals surface area contributed by atoms with Gasteiger partial charge in [0.2, 0.25) is 5.78 Å². The summed E-state index contributed by atoms with van der Waals surface area (Å²) >= 11 is 0. The lowest BCUT2D eigenvalue weighted by atomic mass is 10.0. The summed E-state index contributed by atoms with van der Waals surface area (Å²) in [6, 6.07) is 0. The molecule has 154 valence electrons. The van der Waals surface area contributed by atoms with E-state index in [4.69, 9.17) is 4.74 Å². The average molecular weight is 369 g/mol. The second-order valence-corrected chi connectivity index (χ2v) is 7.49. The molecule has 3 heteroatoms. The Bertz CT molecular complexity index is 325. The molecule has 0 saturated carbocycles. The predicted octanol–water partition coefficient (Wildman–Crippen LogP) is 6.81. The summed E-state index contributed by atoms with van der Waals surface area (Å²) in [7, 11) is 0. The Morgan fingerprint density at radius 3 is 1.35 bits per heavy atom. The van der Waals surface area contributed by atoms with Crippen LogP contribution in [0.5, 0.6) is 0 Å². The molecule has 3 nitrogen and oxygen atoms in total. The van der Waals surface area contributed by atoms with E-state index in [0.29, 0.717) is 19.6 Å². The highest BCUT2D eigenvalue weighted by molar-refractivity contribution is 6.37. The molecule has 0 spiro atoms. The molecule has 0 aliphatic heterocycles. The van der Waals surface area contributed by atoms with E-state index in [-0.39, 0.29) is 18.0 Å². The predicted molar refractivity (Wildman–Crippen MR) is 111 cm³/mol. The van der Waals surface area contributed by atoms with Crippen LogP contribution in [-0.2, 0) is 14.3 Å². The largest absolute Gasteiger partial charge is 0.381 e. The lowest BCUT2D eigenvalue weighted by molar-refractivity contribution is -0.137. The third kappa shape index (κ3) is 18.1. The van der Waals surface area contributed by atoms with Crippen molar-refractivity contribution in [2.75, 3.05) is 13.2 Å². The van der Waals surface area contributed by atoms with Crippen LogP contribution in [0.3, 0.4) is 0 Å². The SMILES string of the molecule is CCCCCCCCCCCCCCCCCC(=O)C(=O)CCOCC. The van der Waals surface area contributed by atoms with Gasteiger partial charge in [0, 0.05) is 19.4 Å². The number of rotatable bonds is 21. The van der Waals surface area contributed by atoms with Crippen LogP contribution in [-0.4, -0.2) is 24.8 Å². The highest BCUT2D eigenvalue weighted by atomic mass is 16.5. The van der Waals surface area contributed by atoms with Gasteiger partial charge in [0.15, 0.2) is 5.78 Å². The van der Waals surface area contributed by atoms with Crippen molar-refractivity contribution in [2.45, 2.75) is 123 Å². The molecular formula is C23H44O3. The number of unbranched alkanes of at least 4 members (excludes halogenated alkanes) is 14. The Balaban J connectivity index is 3.21. The zero-order chi connectivity index (χ0) is 19.3. The van der Waals surface area contributed by atoms with Gasteiger partial charge in [-0.2, -0.15) is 0 Å². The molecule has 0 saturated heterocycles. The van der Waals surface area contributed by atoms with Crippen molar-refractivity contribution in [3.63, 3.8) is 0 Å². The summed E-state index contributed by atoms with van der Waals surface area (Å²) in [5.74, 6) is -0.469. The number of hydrogen-bond donors (Lipinski definition) is 0. The van der Waals surface area contributed by atoms with Gasteiger partial charge in [0.1, 0.15) is 0 Å². The molecule has 0 aliphatic carbocycles. The van der Waals surface area contributed by atoms with E-state index in [9.17, 15) is 9.59 Å². The van der Waals surface area contributed by atoms with Crippen LogP contribution in [0.25, 0.3) is 0 Å². The second kappa shape index (κ2) is 20.6. The number of carbonyl (C=O) groups is 2. The van der Waals surface area contributed by atoms with Gasteiger partial charge in [0.05, 0.1) is 6.61 Å². The summed E-state index contributed by atoms with van der Waals surface area (Å²) in [6.07, 6.45) is 20.3. The quantitative estimate of drug-likeness (QED) is 0.165. The minimum absolute atomic E-state index is 0.209. The highest BCUT2D eigenvalue weighted by Gasteiger charge is 2.12. The Hall–Kier alpha value is -0.700. The number of Topliss-reactive ketones (excluding diaryl/α,β-unsaturated/α-hetero) is 2. The maximum atomic E-state index is 11.7. The van der Waals surface area contributed by atoms with Gasteiger partial charge in [-0.1, -0.05) is 96.8 Å². The lowest BCUT2D eigenvalue weighted by Crippen LogP contribution is -2.15. The van der Waals surface area contributed by atoms with Crippen LogP contribution in [0.2, 0.25) is 0 Å². The Labute approximate surface area is 162 Å². The van der Waals surface area contributed by atoms with E-state index in [0.717, 1.165) is 12.8 Å². The Kier molecular flexibility index (Phi) is 20.1. The maximum absolute atomic E-state index is 11.7. The Morgan fingerprint density at radius 1 is 0.538 bits per heavy atom. The first kappa shape index (κ1) is 25.3. The first-order valence-electron chi connectivity index (χ1n) is 11.4. The smallest absolute Gasteiger partial charge is 0.200 e. The molecule has 0 atom stereocenters. The fraction of sp³-hybridized carbons (Fsp3) is 0.913. The average Bonchev–Trinajstić information content (AvgIpc) is 2.64. The van der Waals surface area contributed by atoms with Gasteiger partial charge in [-0.3, -0.25) is 9.59 Å². The van der Waals surface area contributed by atoms with Crippen LogP contribution in [0.1, 0.15) is 123 Å². The fourth-order valence-corrected chi connectivity index (χ4v) is 3.24. The molecular weight excluding hydrogens is 324 g/mol. The summed E-state index contributed by atoms with van der Waals surface area (Å²) in [6.45, 7) is 5.13. The van der Waals surface area contributed by atoms with Crippen molar-refractivity contribution in [3.8, 4) is 0 Å². The van der Waals surface area contributed by atoms with E-state index in [1.165, 1.54) is 83.5 Å². The van der Waals surface area contributed by atoms with Crippen molar-refractivity contribution in [1.29, 1.82) is 0 Å². The van der Waals surface area contributed by atoms with Crippen LogP contribution >= 0.6 is 0 Å². The van der Waals surface area contributed by atoms with Crippen LogP contribution < -0.4 is 0 Å². The van der Waals surface area contributed by atoms with Crippen LogP contribution in [0.15, 0.2) is 0 Å². The summed E-state index contributed by atoms with van der Waals surface area (Å²) < 4.78 is 5.11. The summed E-state index contributed by atoms with van der Waals surface area (Å²) in [4.78, 5) is 23.2. The molecule has 26 heavy (non-hydrogen) atoms. The van der Waals surface area contributed by atoms with Crippen LogP contribution in [0.4, 0.5) is 0 Å². The van der Waals surface area contributed by atoms with Crippen molar-refractivity contribution in [2.24, 2.45) is 0 Å². The van der Waals surface area contributed by atoms with Gasteiger partial charge in [0.25, 0.3) is 0 Å². The van der Waals surface area contributed by atoms with Gasteiger partial charge in [-0.15, -0.1) is 0 Å². The molecule has 0 fully saturated rings. The molecule has 0 radical (unpaired) electrons. The topological polar surface area (TPSA) is 43.4 Å². The maximum Gasteiger partial charge on any atom is 0.200 e. The molecule has 0 bridgehead atoms. The van der Waals surface area contributed by atoms with E-state index in [1.54, 1.807) is 0 Å². The molecule has 0 N–H and O–H groups in total. The molecule has 0 heterocycles. The number of ether oxygens (including phenoxy) is 1. The third-order valence-electron chi connectivity index (χ3n) is 5.00. The van der Waals surface area contributed by atoms with Gasteiger partial charge in [-0.05, 0) is 13.3 Å². The van der Waals surface area contributed by atoms with Gasteiger partial charge < -0.3 is 4.74 Å². The van der Waals surface area contributed by atoms with E-state index in [2.05, 4.69) is 6.92 Å². The minimum Gasteiger partial charge on any atom is -0.381 e. The summed E-state index contributed by atoms with van der Waals surface area (Å²) in [5, 5.41) is 0. The molecule has 0 unspecified atom stereocenters. The first-order valence-corrected chi connectivity index (χ1v) is 11.4. The molecule has 0 rings (SSSR count). The van der Waals surface area contributed by atoms with Crippen molar-refractivity contribution < 1.29 is 14.3 Å². The van der Waals surface area contributed by atoms with Crippen molar-refractivity contribution in [3.05, 3.63) is 0 Å². The first-order chi connectivity index (χ1) is 12.7. The third-order valence-corrected chi connectivity index (χ3v) is 5.00. The molecule has 0 aromatic carbocycles. The van der Waals surface area contributed by atoms with Crippen LogP contribution in [0, 0.1) is 0 Å². The van der Waals surface area contributed by atoms with Crippen molar-refractivity contribution in [1.82, 2.24) is 0 Å². The lowest BCUT2D eigenvalue weighted by Gasteiger charge is -2.04. The van der Waals surface area contributed by atoms with E-state index >= 15 is 0 Å². The minimum atomic E-state index is -0.260. The fourth-order valence-electron chi connectivity index (χ4n) is 3.24. The number of carbonyl (C=O) groups excluding carboxylic acids is 2.